The molecule has 0 saturated heterocycles. The number of carbonyl (C=O) groups is 1. The number of Topliss-reactive ketones (excluding diaryl/α,β-unsaturated/α-hetero) is 1. The molecule has 5 rings (SSSR count). The minimum absolute atomic E-state index is 0.0649. The Balaban J connectivity index is 2.00. The summed E-state index contributed by atoms with van der Waals surface area (Å²) in [5.74, 6) is 1.39. The van der Waals surface area contributed by atoms with E-state index in [4.69, 9.17) is 14.2 Å². The van der Waals surface area contributed by atoms with E-state index >= 15 is 0 Å². The number of carbonyl (C=O) groups excluding carboxylic acids is 1. The average molecular weight is 471 g/mol. The van der Waals surface area contributed by atoms with E-state index in [0.717, 1.165) is 32.9 Å². The van der Waals surface area contributed by atoms with Gasteiger partial charge in [-0.3, -0.25) is 19.0 Å². The zero-order valence-electron chi connectivity index (χ0n) is 20.4. The van der Waals surface area contributed by atoms with E-state index in [-0.39, 0.29) is 11.3 Å². The second-order valence-corrected chi connectivity index (χ2v) is 8.86. The van der Waals surface area contributed by atoms with Crippen molar-refractivity contribution in [3.05, 3.63) is 64.6 Å². The fourth-order valence-electron chi connectivity index (χ4n) is 4.82. The molecule has 7 heteroatoms. The summed E-state index contributed by atoms with van der Waals surface area (Å²) in [4.78, 5) is 30.6. The van der Waals surface area contributed by atoms with Gasteiger partial charge in [-0.1, -0.05) is 12.2 Å². The lowest BCUT2D eigenvalue weighted by Gasteiger charge is -2.17. The summed E-state index contributed by atoms with van der Waals surface area (Å²) in [5.41, 5.74) is 3.75. The van der Waals surface area contributed by atoms with Crippen LogP contribution in [0, 0.1) is 0 Å². The molecule has 0 radical (unpaired) electrons. The molecule has 2 aromatic carbocycles. The van der Waals surface area contributed by atoms with E-state index in [1.165, 1.54) is 14.0 Å². The fourth-order valence-corrected chi connectivity index (χ4v) is 4.82. The van der Waals surface area contributed by atoms with Crippen LogP contribution in [0.15, 0.2) is 53.5 Å². The maximum atomic E-state index is 14.0. The van der Waals surface area contributed by atoms with Crippen LogP contribution >= 0.6 is 0 Å². The molecule has 0 saturated carbocycles. The smallest absolute Gasteiger partial charge is 0.267 e. The molecule has 0 fully saturated rings. The van der Waals surface area contributed by atoms with Gasteiger partial charge in [0.2, 0.25) is 0 Å². The average Bonchev–Trinajstić information content (AvgIpc) is 3.18. The van der Waals surface area contributed by atoms with Crippen LogP contribution in [0.2, 0.25) is 0 Å². The third-order valence-electron chi connectivity index (χ3n) is 6.48. The molecule has 0 unspecified atom stereocenters. The molecule has 0 spiro atoms. The van der Waals surface area contributed by atoms with Crippen LogP contribution in [-0.2, 0) is 11.2 Å². The van der Waals surface area contributed by atoms with Gasteiger partial charge in [0.15, 0.2) is 23.4 Å². The molecule has 35 heavy (non-hydrogen) atoms. The second-order valence-electron chi connectivity index (χ2n) is 8.86. The monoisotopic (exact) mass is 470 g/mol. The number of pyridine rings is 2. The van der Waals surface area contributed by atoms with E-state index in [1.54, 1.807) is 30.7 Å². The molecule has 178 valence electrons. The molecule has 0 amide bonds. The van der Waals surface area contributed by atoms with Crippen LogP contribution < -0.4 is 19.8 Å². The van der Waals surface area contributed by atoms with Crippen LogP contribution in [0.4, 0.5) is 0 Å². The van der Waals surface area contributed by atoms with Crippen molar-refractivity contribution >= 4 is 43.9 Å². The Morgan fingerprint density at radius 3 is 2.43 bits per heavy atom. The number of hydrogen-bond acceptors (Lipinski definition) is 6. The minimum Gasteiger partial charge on any atom is -0.493 e. The van der Waals surface area contributed by atoms with Gasteiger partial charge < -0.3 is 14.2 Å². The van der Waals surface area contributed by atoms with E-state index < -0.39 is 6.10 Å². The largest absolute Gasteiger partial charge is 0.493 e. The Labute approximate surface area is 201 Å². The van der Waals surface area contributed by atoms with E-state index in [0.29, 0.717) is 40.0 Å². The highest BCUT2D eigenvalue weighted by Crippen LogP contribution is 2.41. The molecule has 0 bridgehead atoms. The normalized spacial score (nSPS) is 12.5. The van der Waals surface area contributed by atoms with E-state index in [9.17, 15) is 9.59 Å². The van der Waals surface area contributed by atoms with Gasteiger partial charge in [0.25, 0.3) is 5.56 Å². The van der Waals surface area contributed by atoms with Crippen molar-refractivity contribution < 1.29 is 19.0 Å². The first kappa shape index (κ1) is 22.7. The Hall–Kier alpha value is -4.13. The SMILES string of the molecule is C=C(C)Cc1c(O[C@H](C)C(C)=O)ccc2c1c1ccnc3c4ccc(OC)c(OC)c4c(=O)n2c13. The number of fused-ring (bicyclic) bond motifs is 5. The highest BCUT2D eigenvalue weighted by molar-refractivity contribution is 6.20. The van der Waals surface area contributed by atoms with Crippen LogP contribution in [0.5, 0.6) is 17.2 Å². The van der Waals surface area contributed by atoms with Gasteiger partial charge in [0.1, 0.15) is 5.75 Å². The van der Waals surface area contributed by atoms with Gasteiger partial charge in [0.05, 0.1) is 36.2 Å². The zero-order valence-corrected chi connectivity index (χ0v) is 20.4. The molecule has 1 atom stereocenters. The number of methoxy groups -OCH3 is 2. The third kappa shape index (κ3) is 3.30. The van der Waals surface area contributed by atoms with Gasteiger partial charge in [-0.05, 0) is 57.5 Å². The Kier molecular flexibility index (Phi) is 5.35. The lowest BCUT2D eigenvalue weighted by molar-refractivity contribution is -0.122. The molecule has 0 aliphatic rings. The summed E-state index contributed by atoms with van der Waals surface area (Å²) < 4.78 is 18.8. The molecule has 3 aromatic heterocycles. The van der Waals surface area contributed by atoms with Gasteiger partial charge in [0, 0.05) is 27.9 Å². The first-order valence-corrected chi connectivity index (χ1v) is 11.3. The highest BCUT2D eigenvalue weighted by atomic mass is 16.5. The summed E-state index contributed by atoms with van der Waals surface area (Å²) in [6, 6.07) is 9.22. The lowest BCUT2D eigenvalue weighted by Crippen LogP contribution is -2.21. The van der Waals surface area contributed by atoms with Crippen LogP contribution in [0.1, 0.15) is 26.3 Å². The third-order valence-corrected chi connectivity index (χ3v) is 6.48. The molecule has 5 aromatic rings. The first-order valence-electron chi connectivity index (χ1n) is 11.3. The number of benzene rings is 2. The summed E-state index contributed by atoms with van der Waals surface area (Å²) in [6.07, 6.45) is 1.68. The van der Waals surface area contributed by atoms with E-state index in [2.05, 4.69) is 11.6 Å². The number of ketones is 1. The number of ether oxygens (including phenoxy) is 3. The summed E-state index contributed by atoms with van der Waals surface area (Å²) in [5, 5.41) is 2.86. The predicted octanol–water partition coefficient (Wildman–Crippen LogP) is 5.08. The molecule has 0 aliphatic carbocycles. The van der Waals surface area contributed by atoms with Gasteiger partial charge in [-0.2, -0.15) is 0 Å². The van der Waals surface area contributed by atoms with Crippen molar-refractivity contribution in [3.63, 3.8) is 0 Å². The Morgan fingerprint density at radius 2 is 1.77 bits per heavy atom. The maximum Gasteiger partial charge on any atom is 0.267 e. The molecule has 0 aliphatic heterocycles. The lowest BCUT2D eigenvalue weighted by atomic mass is 9.99. The first-order chi connectivity index (χ1) is 16.8. The van der Waals surface area contributed by atoms with Crippen molar-refractivity contribution in [1.29, 1.82) is 0 Å². The maximum absolute atomic E-state index is 14.0. The van der Waals surface area contributed by atoms with Crippen LogP contribution in [-0.4, -0.2) is 35.5 Å². The van der Waals surface area contributed by atoms with E-state index in [1.807, 2.05) is 31.2 Å². The molecule has 0 N–H and O–H groups in total. The van der Waals surface area contributed by atoms with Crippen LogP contribution in [0.25, 0.3) is 38.1 Å². The summed E-state index contributed by atoms with van der Waals surface area (Å²) >= 11 is 0. The summed E-state index contributed by atoms with van der Waals surface area (Å²) in [7, 11) is 3.06. The Bertz CT molecular complexity index is 1720. The van der Waals surface area contributed by atoms with Crippen molar-refractivity contribution in [2.45, 2.75) is 33.3 Å². The number of aromatic nitrogens is 2. The fraction of sp³-hybridized carbons (Fsp3) is 0.250. The summed E-state index contributed by atoms with van der Waals surface area (Å²) in [6.45, 7) is 9.28. The topological polar surface area (TPSA) is 79.1 Å². The zero-order chi connectivity index (χ0) is 25.0. The number of nitrogens with zero attached hydrogens (tertiary/aromatic N) is 2. The van der Waals surface area contributed by atoms with Crippen molar-refractivity contribution in [2.24, 2.45) is 0 Å². The predicted molar refractivity (Wildman–Crippen MR) is 138 cm³/mol. The quantitative estimate of drug-likeness (QED) is 0.244. The molecule has 7 nitrogen and oxygen atoms in total. The number of hydrogen-bond donors (Lipinski definition) is 0. The van der Waals surface area contributed by atoms with Gasteiger partial charge in [-0.15, -0.1) is 0 Å². The van der Waals surface area contributed by atoms with Crippen molar-refractivity contribution in [3.8, 4) is 17.2 Å². The van der Waals surface area contributed by atoms with Crippen LogP contribution in [0.3, 0.4) is 0 Å². The minimum atomic E-state index is -0.597. The standard InChI is InChI=1S/C28H26N2O5/c1-14(2)13-19-21(35-16(4)15(3)31)10-8-20-23(19)18-11-12-29-25-17-7-9-22(33-5)27(34-6)24(17)28(32)30(20)26(18)25/h7-12,16H,1,13H2,2-6H3/t16-/m1/s1. The molecular weight excluding hydrogens is 444 g/mol. The van der Waals surface area contributed by atoms with Gasteiger partial charge >= 0.3 is 0 Å². The van der Waals surface area contributed by atoms with Gasteiger partial charge in [-0.25, -0.2) is 0 Å². The number of rotatable bonds is 7. The molecular formula is C28H26N2O5. The molecule has 3 heterocycles. The van der Waals surface area contributed by atoms with Crippen molar-refractivity contribution in [1.82, 2.24) is 9.38 Å². The van der Waals surface area contributed by atoms with Crippen molar-refractivity contribution in [2.75, 3.05) is 14.2 Å². The number of allylic oxidation sites excluding steroid dienone is 1. The second kappa shape index (κ2) is 8.27. The highest BCUT2D eigenvalue weighted by Gasteiger charge is 2.25. The Morgan fingerprint density at radius 1 is 1.03 bits per heavy atom.